The van der Waals surface area contributed by atoms with Crippen LogP contribution in [0.4, 0.5) is 4.39 Å². The number of hydrogen-bond acceptors (Lipinski definition) is 4. The number of hydrogen-bond donors (Lipinski definition) is 2. The molecule has 4 rings (SSSR count). The number of aliphatic hydroxyl groups is 1. The third kappa shape index (κ3) is 5.16. The summed E-state index contributed by atoms with van der Waals surface area (Å²) in [5, 5.41) is 10.8. The first-order valence-electron chi connectivity index (χ1n) is 12.4. The number of aliphatic hydroxyl groups excluding tert-OH is 1. The Labute approximate surface area is 202 Å². The number of ether oxygens (including phenoxy) is 1. The van der Waals surface area contributed by atoms with Gasteiger partial charge in [-0.25, -0.2) is 12.8 Å². The molecule has 0 radical (unpaired) electrons. The van der Waals surface area contributed by atoms with Crippen LogP contribution < -0.4 is 9.46 Å². The number of halogens is 1. The Morgan fingerprint density at radius 2 is 1.79 bits per heavy atom. The Kier molecular flexibility index (Phi) is 7.36. The van der Waals surface area contributed by atoms with E-state index >= 15 is 4.39 Å². The molecule has 1 atom stereocenters. The molecule has 2 aromatic carbocycles. The fourth-order valence-corrected chi connectivity index (χ4v) is 5.67. The zero-order chi connectivity index (χ0) is 24.5. The van der Waals surface area contributed by atoms with Crippen molar-refractivity contribution in [3.63, 3.8) is 0 Å². The van der Waals surface area contributed by atoms with E-state index < -0.39 is 21.7 Å². The fraction of sp³-hybridized carbons (Fsp3) is 0.556. The van der Waals surface area contributed by atoms with Gasteiger partial charge in [0.25, 0.3) is 0 Å². The van der Waals surface area contributed by atoms with E-state index in [1.807, 2.05) is 24.3 Å². The minimum atomic E-state index is -3.59. The molecule has 34 heavy (non-hydrogen) atoms. The predicted molar refractivity (Wildman–Crippen MR) is 133 cm³/mol. The second-order valence-electron chi connectivity index (χ2n) is 10.2. The average molecular weight is 490 g/mol. The molecular formula is C27H36FNO4S. The first kappa shape index (κ1) is 25.1. The molecule has 0 saturated heterocycles. The number of benzene rings is 2. The van der Waals surface area contributed by atoms with Crippen LogP contribution in [-0.4, -0.2) is 31.6 Å². The van der Waals surface area contributed by atoms with Gasteiger partial charge in [-0.3, -0.25) is 0 Å². The highest BCUT2D eigenvalue weighted by molar-refractivity contribution is 7.89. The van der Waals surface area contributed by atoms with Crippen molar-refractivity contribution in [2.45, 2.75) is 89.4 Å². The summed E-state index contributed by atoms with van der Waals surface area (Å²) >= 11 is 0. The van der Waals surface area contributed by atoms with Crippen molar-refractivity contribution in [3.8, 4) is 16.9 Å². The van der Waals surface area contributed by atoms with Gasteiger partial charge in [0.2, 0.25) is 10.0 Å². The first-order chi connectivity index (χ1) is 16.1. The van der Waals surface area contributed by atoms with Crippen molar-refractivity contribution in [1.29, 1.82) is 0 Å². The second-order valence-corrected chi connectivity index (χ2v) is 12.3. The predicted octanol–water partition coefficient (Wildman–Crippen LogP) is 5.62. The lowest BCUT2D eigenvalue weighted by Gasteiger charge is -2.33. The number of sulfonamides is 1. The second kappa shape index (κ2) is 9.96. The van der Waals surface area contributed by atoms with Crippen LogP contribution in [0.2, 0.25) is 0 Å². The summed E-state index contributed by atoms with van der Waals surface area (Å²) < 4.78 is 48.0. The maximum Gasteiger partial charge on any atom is 0.213 e. The van der Waals surface area contributed by atoms with Crippen LogP contribution in [0.25, 0.3) is 11.1 Å². The van der Waals surface area contributed by atoms with Crippen molar-refractivity contribution in [2.75, 3.05) is 5.75 Å². The molecule has 1 unspecified atom stereocenters. The van der Waals surface area contributed by atoms with Gasteiger partial charge < -0.3 is 9.84 Å². The van der Waals surface area contributed by atoms with E-state index in [1.165, 1.54) is 13.0 Å². The van der Waals surface area contributed by atoms with Gasteiger partial charge in [-0.15, -0.1) is 0 Å². The lowest BCUT2D eigenvalue weighted by atomic mass is 9.76. The number of nitrogens with one attached hydrogen (secondary N) is 1. The summed E-state index contributed by atoms with van der Waals surface area (Å²) in [5.41, 5.74) is 2.17. The van der Waals surface area contributed by atoms with E-state index in [4.69, 9.17) is 4.74 Å². The molecule has 0 aliphatic heterocycles. The largest absolute Gasteiger partial charge is 0.490 e. The van der Waals surface area contributed by atoms with Gasteiger partial charge in [-0.1, -0.05) is 38.5 Å². The van der Waals surface area contributed by atoms with E-state index in [-0.39, 0.29) is 23.6 Å². The van der Waals surface area contributed by atoms with E-state index in [2.05, 4.69) is 4.72 Å². The van der Waals surface area contributed by atoms with Crippen molar-refractivity contribution >= 4 is 10.0 Å². The van der Waals surface area contributed by atoms with Gasteiger partial charge in [0.05, 0.1) is 11.9 Å². The SMILES string of the molecule is CCS(=O)(=O)NC(O)C(C)(C)c1ccc(OC2CCCC2)c(-c2cccc(F)c2C2CCC2)c1. The normalized spacial score (nSPS) is 18.6. The standard InChI is InChI=1S/C27H36FNO4S/c1-4-34(31,32)29-26(30)27(2,3)19-15-16-24(33-20-11-5-6-12-20)22(17-19)21-13-8-14-23(28)25(21)18-9-7-10-18/h8,13-18,20,26,29-30H,4-7,9-12H2,1-3H3. The van der Waals surface area contributed by atoms with Gasteiger partial charge in [-0.2, -0.15) is 4.72 Å². The van der Waals surface area contributed by atoms with E-state index in [1.54, 1.807) is 19.9 Å². The molecule has 2 aliphatic carbocycles. The van der Waals surface area contributed by atoms with Crippen LogP contribution in [0, 0.1) is 5.82 Å². The molecule has 0 spiro atoms. The van der Waals surface area contributed by atoms with Crippen molar-refractivity contribution in [3.05, 3.63) is 53.3 Å². The zero-order valence-electron chi connectivity index (χ0n) is 20.3. The molecule has 2 fully saturated rings. The molecule has 0 heterocycles. The number of rotatable bonds is 9. The van der Waals surface area contributed by atoms with Crippen molar-refractivity contribution in [2.24, 2.45) is 0 Å². The van der Waals surface area contributed by atoms with Gasteiger partial charge in [-0.05, 0) is 86.3 Å². The molecule has 0 amide bonds. The maximum absolute atomic E-state index is 15.1. The summed E-state index contributed by atoms with van der Waals surface area (Å²) in [5.74, 6) is 0.581. The Hall–Kier alpha value is -1.96. The van der Waals surface area contributed by atoms with Gasteiger partial charge in [0.1, 0.15) is 17.8 Å². The highest BCUT2D eigenvalue weighted by atomic mass is 32.2. The molecule has 2 aromatic rings. The zero-order valence-corrected chi connectivity index (χ0v) is 21.1. The minimum absolute atomic E-state index is 0.117. The van der Waals surface area contributed by atoms with E-state index in [9.17, 15) is 13.5 Å². The van der Waals surface area contributed by atoms with Crippen LogP contribution in [0.3, 0.4) is 0 Å². The summed E-state index contributed by atoms with van der Waals surface area (Å²) in [7, 11) is -3.59. The van der Waals surface area contributed by atoms with Crippen LogP contribution in [0.15, 0.2) is 36.4 Å². The molecule has 2 saturated carbocycles. The summed E-state index contributed by atoms with van der Waals surface area (Å²) in [6, 6.07) is 10.9. The van der Waals surface area contributed by atoms with E-state index in [0.717, 1.165) is 67.2 Å². The lowest BCUT2D eigenvalue weighted by molar-refractivity contribution is 0.0895. The van der Waals surface area contributed by atoms with Gasteiger partial charge >= 0.3 is 0 Å². The highest BCUT2D eigenvalue weighted by Crippen LogP contribution is 2.46. The topological polar surface area (TPSA) is 75.6 Å². The molecule has 5 nitrogen and oxygen atoms in total. The van der Waals surface area contributed by atoms with Crippen LogP contribution in [-0.2, 0) is 15.4 Å². The fourth-order valence-electron chi connectivity index (χ4n) is 4.87. The van der Waals surface area contributed by atoms with Crippen LogP contribution in [0.5, 0.6) is 5.75 Å². The van der Waals surface area contributed by atoms with Crippen LogP contribution in [0.1, 0.15) is 82.8 Å². The van der Waals surface area contributed by atoms with E-state index in [0.29, 0.717) is 5.75 Å². The average Bonchev–Trinajstić information content (AvgIpc) is 3.27. The highest BCUT2D eigenvalue weighted by Gasteiger charge is 2.34. The van der Waals surface area contributed by atoms with Crippen molar-refractivity contribution in [1.82, 2.24) is 4.72 Å². The molecule has 2 aliphatic rings. The maximum atomic E-state index is 15.1. The molecular weight excluding hydrogens is 453 g/mol. The Morgan fingerprint density at radius 1 is 1.09 bits per heavy atom. The third-order valence-corrected chi connectivity index (χ3v) is 8.87. The Balaban J connectivity index is 1.79. The molecule has 7 heteroatoms. The first-order valence-corrected chi connectivity index (χ1v) is 14.1. The Bertz CT molecular complexity index is 1120. The molecule has 2 N–H and O–H groups in total. The van der Waals surface area contributed by atoms with Crippen molar-refractivity contribution < 1.29 is 22.7 Å². The molecule has 0 bridgehead atoms. The lowest BCUT2D eigenvalue weighted by Crippen LogP contribution is -2.47. The van der Waals surface area contributed by atoms with Gasteiger partial charge in [0, 0.05) is 11.0 Å². The van der Waals surface area contributed by atoms with Crippen LogP contribution >= 0.6 is 0 Å². The monoisotopic (exact) mass is 489 g/mol. The third-order valence-electron chi connectivity index (χ3n) is 7.53. The quantitative estimate of drug-likeness (QED) is 0.449. The summed E-state index contributed by atoms with van der Waals surface area (Å²) in [4.78, 5) is 0. The molecule has 0 aromatic heterocycles. The summed E-state index contributed by atoms with van der Waals surface area (Å²) in [6.07, 6.45) is 6.15. The molecule has 186 valence electrons. The smallest absolute Gasteiger partial charge is 0.213 e. The van der Waals surface area contributed by atoms with Gasteiger partial charge in [0.15, 0.2) is 0 Å². The summed E-state index contributed by atoms with van der Waals surface area (Å²) in [6.45, 7) is 5.12. The Morgan fingerprint density at radius 3 is 2.41 bits per heavy atom. The minimum Gasteiger partial charge on any atom is -0.490 e.